The first-order chi connectivity index (χ1) is 11.3. The number of para-hydroxylation sites is 1. The lowest BCUT2D eigenvalue weighted by molar-refractivity contribution is -0.123. The van der Waals surface area contributed by atoms with Crippen LogP contribution in [-0.4, -0.2) is 12.5 Å². The highest BCUT2D eigenvalue weighted by Crippen LogP contribution is 2.25. The lowest BCUT2D eigenvalue weighted by Crippen LogP contribution is -2.32. The number of hydrogen-bond acceptors (Lipinski definition) is 3. The van der Waals surface area contributed by atoms with Crippen LogP contribution in [0.1, 0.15) is 16.5 Å². The molecule has 3 rings (SSSR count). The van der Waals surface area contributed by atoms with E-state index in [-0.39, 0.29) is 18.6 Å². The molecule has 0 bridgehead atoms. The zero-order valence-electron chi connectivity index (χ0n) is 12.5. The molecule has 0 saturated heterocycles. The number of ether oxygens (including phenoxy) is 1. The van der Waals surface area contributed by atoms with Crippen molar-refractivity contribution in [1.82, 2.24) is 5.32 Å². The summed E-state index contributed by atoms with van der Waals surface area (Å²) < 4.78 is 5.51. The Morgan fingerprint density at radius 2 is 1.65 bits per heavy atom. The lowest BCUT2D eigenvalue weighted by Gasteiger charge is -2.18. The largest absolute Gasteiger partial charge is 0.484 e. The van der Waals surface area contributed by atoms with Gasteiger partial charge in [0.15, 0.2) is 6.61 Å². The van der Waals surface area contributed by atoms with Gasteiger partial charge in [-0.2, -0.15) is 0 Å². The molecule has 0 unspecified atom stereocenters. The van der Waals surface area contributed by atoms with Crippen LogP contribution in [0, 0.1) is 0 Å². The number of benzene rings is 2. The molecule has 0 fully saturated rings. The third-order valence-electron chi connectivity index (χ3n) is 3.38. The van der Waals surface area contributed by atoms with Crippen LogP contribution in [0.15, 0.2) is 78.2 Å². The average molecular weight is 323 g/mol. The van der Waals surface area contributed by atoms with Crippen LogP contribution >= 0.6 is 11.3 Å². The van der Waals surface area contributed by atoms with Gasteiger partial charge < -0.3 is 10.1 Å². The summed E-state index contributed by atoms with van der Waals surface area (Å²) in [6.45, 7) is -0.00127. The van der Waals surface area contributed by atoms with E-state index in [0.717, 1.165) is 10.4 Å². The summed E-state index contributed by atoms with van der Waals surface area (Å²) in [5.41, 5.74) is 1.06. The molecule has 0 radical (unpaired) electrons. The molecule has 0 spiro atoms. The third-order valence-corrected chi connectivity index (χ3v) is 4.32. The first-order valence-corrected chi connectivity index (χ1v) is 8.26. The van der Waals surface area contributed by atoms with Gasteiger partial charge >= 0.3 is 0 Å². The van der Waals surface area contributed by atoms with Crippen molar-refractivity contribution in [1.29, 1.82) is 0 Å². The summed E-state index contributed by atoms with van der Waals surface area (Å²) in [4.78, 5) is 13.4. The molecule has 0 aliphatic carbocycles. The predicted octanol–water partition coefficient (Wildman–Crippen LogP) is 4.03. The van der Waals surface area contributed by atoms with E-state index in [2.05, 4.69) is 5.32 Å². The van der Waals surface area contributed by atoms with Gasteiger partial charge in [-0.1, -0.05) is 54.6 Å². The van der Waals surface area contributed by atoms with Gasteiger partial charge in [-0.15, -0.1) is 11.3 Å². The SMILES string of the molecule is O=C(COc1ccccc1)N[C@@H](c1ccccc1)c1cccs1. The van der Waals surface area contributed by atoms with Crippen molar-refractivity contribution in [3.63, 3.8) is 0 Å². The standard InChI is InChI=1S/C19H17NO2S/c21-18(14-22-16-10-5-2-6-11-16)20-19(17-12-7-13-23-17)15-8-3-1-4-9-15/h1-13,19H,14H2,(H,20,21)/t19-/m0/s1. The minimum Gasteiger partial charge on any atom is -0.484 e. The topological polar surface area (TPSA) is 38.3 Å². The molecule has 1 N–H and O–H groups in total. The molecular formula is C19H17NO2S. The van der Waals surface area contributed by atoms with Crippen LogP contribution in [0.4, 0.5) is 0 Å². The monoisotopic (exact) mass is 323 g/mol. The fourth-order valence-corrected chi connectivity index (χ4v) is 3.09. The van der Waals surface area contributed by atoms with Crippen molar-refractivity contribution in [3.05, 3.63) is 88.6 Å². The van der Waals surface area contributed by atoms with E-state index < -0.39 is 0 Å². The van der Waals surface area contributed by atoms with Gasteiger partial charge in [0.1, 0.15) is 5.75 Å². The summed E-state index contributed by atoms with van der Waals surface area (Å²) in [7, 11) is 0. The quantitative estimate of drug-likeness (QED) is 0.744. The Morgan fingerprint density at radius 1 is 0.957 bits per heavy atom. The van der Waals surface area contributed by atoms with Crippen LogP contribution < -0.4 is 10.1 Å². The van der Waals surface area contributed by atoms with Crippen molar-refractivity contribution in [2.75, 3.05) is 6.61 Å². The molecule has 1 aromatic heterocycles. The van der Waals surface area contributed by atoms with Crippen molar-refractivity contribution in [2.24, 2.45) is 0 Å². The van der Waals surface area contributed by atoms with Crippen molar-refractivity contribution in [2.45, 2.75) is 6.04 Å². The molecular weight excluding hydrogens is 306 g/mol. The Bertz CT molecular complexity index is 727. The minimum absolute atomic E-state index is 0.00127. The molecule has 23 heavy (non-hydrogen) atoms. The molecule has 0 saturated carbocycles. The molecule has 4 heteroatoms. The van der Waals surface area contributed by atoms with Crippen molar-refractivity contribution in [3.8, 4) is 5.75 Å². The van der Waals surface area contributed by atoms with Crippen LogP contribution in [-0.2, 0) is 4.79 Å². The van der Waals surface area contributed by atoms with E-state index in [9.17, 15) is 4.79 Å². The zero-order valence-corrected chi connectivity index (χ0v) is 13.3. The molecule has 1 heterocycles. The summed E-state index contributed by atoms with van der Waals surface area (Å²) in [6.07, 6.45) is 0. The van der Waals surface area contributed by atoms with Gasteiger partial charge in [-0.25, -0.2) is 0 Å². The van der Waals surface area contributed by atoms with Crippen LogP contribution in [0.3, 0.4) is 0 Å². The number of thiophene rings is 1. The molecule has 2 aromatic carbocycles. The first kappa shape index (κ1) is 15.3. The number of amides is 1. The minimum atomic E-state index is -0.150. The maximum atomic E-state index is 12.3. The molecule has 0 aliphatic heterocycles. The molecule has 116 valence electrons. The zero-order chi connectivity index (χ0) is 15.9. The second-order valence-electron chi connectivity index (χ2n) is 5.03. The number of nitrogens with one attached hydrogen (secondary N) is 1. The molecule has 0 aliphatic rings. The van der Waals surface area contributed by atoms with Gasteiger partial charge in [0.25, 0.3) is 5.91 Å². The van der Waals surface area contributed by atoms with Gasteiger partial charge in [-0.05, 0) is 29.1 Å². The van der Waals surface area contributed by atoms with Crippen LogP contribution in [0.5, 0.6) is 5.75 Å². The number of hydrogen-bond donors (Lipinski definition) is 1. The number of carbonyl (C=O) groups is 1. The Hall–Kier alpha value is -2.59. The highest BCUT2D eigenvalue weighted by molar-refractivity contribution is 7.10. The molecule has 3 aromatic rings. The van der Waals surface area contributed by atoms with E-state index in [1.807, 2.05) is 78.2 Å². The Labute approximate surface area is 139 Å². The van der Waals surface area contributed by atoms with E-state index in [1.54, 1.807) is 11.3 Å². The molecule has 1 amide bonds. The van der Waals surface area contributed by atoms with E-state index in [0.29, 0.717) is 5.75 Å². The Morgan fingerprint density at radius 3 is 2.30 bits per heavy atom. The van der Waals surface area contributed by atoms with Crippen molar-refractivity contribution >= 4 is 17.2 Å². The molecule has 1 atom stereocenters. The number of rotatable bonds is 6. The normalized spacial score (nSPS) is 11.7. The summed E-state index contributed by atoms with van der Waals surface area (Å²) in [5.74, 6) is 0.547. The summed E-state index contributed by atoms with van der Waals surface area (Å²) in [5, 5.41) is 5.06. The van der Waals surface area contributed by atoms with Crippen LogP contribution in [0.2, 0.25) is 0 Å². The van der Waals surface area contributed by atoms with Crippen LogP contribution in [0.25, 0.3) is 0 Å². The van der Waals surface area contributed by atoms with Gasteiger partial charge in [-0.3, -0.25) is 4.79 Å². The van der Waals surface area contributed by atoms with E-state index >= 15 is 0 Å². The average Bonchev–Trinajstić information content (AvgIpc) is 3.14. The second-order valence-corrected chi connectivity index (χ2v) is 6.01. The van der Waals surface area contributed by atoms with Crippen molar-refractivity contribution < 1.29 is 9.53 Å². The Kier molecular flexibility index (Phi) is 5.06. The number of carbonyl (C=O) groups excluding carboxylic acids is 1. The Balaban J connectivity index is 1.68. The molecule has 3 nitrogen and oxygen atoms in total. The smallest absolute Gasteiger partial charge is 0.258 e. The predicted molar refractivity (Wildman–Crippen MR) is 92.7 cm³/mol. The summed E-state index contributed by atoms with van der Waals surface area (Å²) in [6, 6.07) is 23.2. The highest BCUT2D eigenvalue weighted by Gasteiger charge is 2.17. The second kappa shape index (κ2) is 7.61. The fraction of sp³-hybridized carbons (Fsp3) is 0.105. The van der Waals surface area contributed by atoms with Gasteiger partial charge in [0.2, 0.25) is 0 Å². The van der Waals surface area contributed by atoms with Gasteiger partial charge in [0.05, 0.1) is 6.04 Å². The van der Waals surface area contributed by atoms with Gasteiger partial charge in [0, 0.05) is 4.88 Å². The van der Waals surface area contributed by atoms with E-state index in [1.165, 1.54) is 0 Å². The fourth-order valence-electron chi connectivity index (χ4n) is 2.29. The maximum absolute atomic E-state index is 12.3. The first-order valence-electron chi connectivity index (χ1n) is 7.38. The van der Waals surface area contributed by atoms with E-state index in [4.69, 9.17) is 4.74 Å². The lowest BCUT2D eigenvalue weighted by atomic mass is 10.1. The maximum Gasteiger partial charge on any atom is 0.258 e. The highest BCUT2D eigenvalue weighted by atomic mass is 32.1. The summed E-state index contributed by atoms with van der Waals surface area (Å²) >= 11 is 1.63. The third kappa shape index (κ3) is 4.20.